The SMILES string of the molecule is CC1C=CC=C(c2cc(-c3cccc(-c4cccc5c4C4=C(C=CC(C)C4)C54c5ccccc5Oc5c(C6C=CC(C7=NC(C)(c8ccccc8-c8ccccc8)CC(C8=CCCC=C8)=N7)=CC6C)cccc54)c3)nc(C3C=CC(c4cccc5c4Oc4ccccc4C54c5ccccc5-c5ccccc54)=CC3C)n2)C1. The Morgan fingerprint density at radius 2 is 1.01 bits per heavy atom. The number of aromatic nitrogens is 2. The highest BCUT2D eigenvalue weighted by molar-refractivity contribution is 6.16. The Kier molecular flexibility index (Phi) is 15.7. The summed E-state index contributed by atoms with van der Waals surface area (Å²) in [6.07, 6.45) is 37.3. The molecular weight excluding hydrogens is 1350 g/mol. The summed E-state index contributed by atoms with van der Waals surface area (Å²) in [6, 6.07) is 87.2. The zero-order valence-electron chi connectivity index (χ0n) is 63.2. The number of amidine groups is 1. The van der Waals surface area contributed by atoms with Gasteiger partial charge in [-0.15, -0.1) is 0 Å². The Morgan fingerprint density at radius 1 is 0.423 bits per heavy atom. The summed E-state index contributed by atoms with van der Waals surface area (Å²) < 4.78 is 14.6. The van der Waals surface area contributed by atoms with E-state index in [1.807, 2.05) is 0 Å². The fraction of sp³-hybridized carbons (Fsp3) is 0.181. The average molecular weight is 1430 g/mol. The number of hydrogen-bond acceptors (Lipinski definition) is 6. The maximum atomic E-state index is 7.46. The average Bonchev–Trinajstić information content (AvgIpc) is 1.54. The predicted octanol–water partition coefficient (Wildman–Crippen LogP) is 25.8. The number of benzene rings is 10. The van der Waals surface area contributed by atoms with Crippen molar-refractivity contribution in [1.29, 1.82) is 0 Å². The van der Waals surface area contributed by atoms with Gasteiger partial charge in [0.25, 0.3) is 0 Å². The molecule has 536 valence electrons. The molecule has 2 spiro atoms. The smallest absolute Gasteiger partial charge is 0.155 e. The second-order valence-electron chi connectivity index (χ2n) is 32.4. The van der Waals surface area contributed by atoms with Crippen molar-refractivity contribution >= 4 is 28.3 Å². The van der Waals surface area contributed by atoms with Crippen molar-refractivity contribution in [2.24, 2.45) is 33.7 Å². The second kappa shape index (κ2) is 26.2. The van der Waals surface area contributed by atoms with Crippen molar-refractivity contribution in [2.45, 2.75) is 94.9 Å². The molecule has 0 amide bonds. The van der Waals surface area contributed by atoms with Crippen LogP contribution in [-0.4, -0.2) is 21.5 Å². The van der Waals surface area contributed by atoms with Crippen LogP contribution in [0.3, 0.4) is 0 Å². The van der Waals surface area contributed by atoms with Gasteiger partial charge in [0.05, 0.1) is 33.5 Å². The molecule has 0 saturated carbocycles. The van der Waals surface area contributed by atoms with Crippen LogP contribution in [-0.2, 0) is 16.4 Å². The van der Waals surface area contributed by atoms with Crippen molar-refractivity contribution in [1.82, 2.24) is 9.97 Å². The van der Waals surface area contributed by atoms with E-state index >= 15 is 0 Å². The number of ether oxygens (including phenoxy) is 2. The van der Waals surface area contributed by atoms with E-state index in [2.05, 4.69) is 356 Å². The van der Waals surface area contributed by atoms with Crippen LogP contribution in [0.5, 0.6) is 23.0 Å². The lowest BCUT2D eigenvalue weighted by Crippen LogP contribution is -2.34. The summed E-state index contributed by atoms with van der Waals surface area (Å²) in [7, 11) is 0. The highest BCUT2D eigenvalue weighted by Gasteiger charge is 2.55. The van der Waals surface area contributed by atoms with E-state index in [9.17, 15) is 0 Å². The quantitative estimate of drug-likeness (QED) is 0.137. The number of para-hydroxylation sites is 4. The van der Waals surface area contributed by atoms with Gasteiger partial charge >= 0.3 is 0 Å². The molecule has 10 aromatic carbocycles. The molecule has 8 unspecified atom stereocenters. The van der Waals surface area contributed by atoms with Gasteiger partial charge in [-0.1, -0.05) is 325 Å². The highest BCUT2D eigenvalue weighted by Crippen LogP contribution is 2.67. The molecule has 111 heavy (non-hydrogen) atoms. The molecule has 3 aliphatic heterocycles. The Bertz CT molecular complexity index is 6150. The zero-order chi connectivity index (χ0) is 74.3. The number of allylic oxidation sites excluding steroid dienone is 18. The van der Waals surface area contributed by atoms with Gasteiger partial charge < -0.3 is 9.47 Å². The van der Waals surface area contributed by atoms with Crippen LogP contribution in [0, 0.1) is 23.7 Å². The van der Waals surface area contributed by atoms with E-state index < -0.39 is 16.4 Å². The molecule has 8 atom stereocenters. The third-order valence-corrected chi connectivity index (χ3v) is 25.5. The fourth-order valence-corrected chi connectivity index (χ4v) is 20.4. The first-order valence-electron chi connectivity index (χ1n) is 39.9. The Labute approximate surface area is 650 Å². The van der Waals surface area contributed by atoms with E-state index in [4.69, 9.17) is 29.4 Å². The first-order chi connectivity index (χ1) is 54.5. The summed E-state index contributed by atoms with van der Waals surface area (Å²) in [5.41, 5.74) is 30.1. The van der Waals surface area contributed by atoms with Crippen LogP contribution in [0.1, 0.15) is 151 Å². The van der Waals surface area contributed by atoms with E-state index in [0.29, 0.717) is 18.3 Å². The number of nitrogens with zero attached hydrogens (tertiary/aromatic N) is 4. The number of hydrogen-bond donors (Lipinski definition) is 0. The Hall–Kier alpha value is -12.4. The fourth-order valence-electron chi connectivity index (χ4n) is 20.4. The summed E-state index contributed by atoms with van der Waals surface area (Å²) in [5, 5.41) is 0. The summed E-state index contributed by atoms with van der Waals surface area (Å²) >= 11 is 0. The van der Waals surface area contributed by atoms with Gasteiger partial charge in [-0.3, -0.25) is 4.99 Å². The topological polar surface area (TPSA) is 69.0 Å². The molecule has 0 radical (unpaired) electrons. The number of fused-ring (bicyclic) bond motifs is 17. The minimum Gasteiger partial charge on any atom is -0.456 e. The van der Waals surface area contributed by atoms with E-state index in [1.54, 1.807) is 0 Å². The van der Waals surface area contributed by atoms with Crippen LogP contribution in [0.15, 0.2) is 348 Å². The maximum Gasteiger partial charge on any atom is 0.155 e. The van der Waals surface area contributed by atoms with Crippen molar-refractivity contribution in [3.05, 3.63) is 411 Å². The van der Waals surface area contributed by atoms with Crippen LogP contribution >= 0.6 is 0 Å². The number of aliphatic imine (C=N–C) groups is 2. The standard InChI is InChI=1S/C105H84N4O2/c1-64-27-22-33-72(57-64)93-62-94(107-102(106-93)76-55-52-71(59-67(76)4)79-39-25-47-91-99(79)110-96-49-20-18-44-88(96)104(91)85-42-16-13-36-80(85)81-37-14-17-43-86(81)104)73-34-23-32-70(61-73)78-38-24-46-90-98(78)83-58-65(2)51-56-87(83)105(90)89-45-19-21-50-97(89)111-100-82(40-26-48-92(100)105)75-54-53-74(60-66(75)3)101-108-95(69-30-10-7-11-31-69)63-103(5,109-101)84-41-15-12-35-77(84)68-28-8-6-9-29-68/h6,8-10,12-56,59-62,64-67,75-76H,7,11,57-58,63H2,1-5H3. The minimum atomic E-state index is -0.675. The molecule has 0 N–H and O–H groups in total. The van der Waals surface area contributed by atoms with Crippen molar-refractivity contribution < 1.29 is 9.47 Å². The molecule has 10 aliphatic rings. The lowest BCUT2D eigenvalue weighted by molar-refractivity contribution is 0.423. The van der Waals surface area contributed by atoms with E-state index in [1.165, 1.54) is 94.6 Å². The summed E-state index contributed by atoms with van der Waals surface area (Å²) in [5.74, 6) is 5.93. The molecule has 6 heteroatoms. The lowest BCUT2D eigenvalue weighted by atomic mass is 9.63. The molecule has 21 rings (SSSR count). The van der Waals surface area contributed by atoms with Gasteiger partial charge in [0.15, 0.2) is 5.84 Å². The molecule has 4 heterocycles. The lowest BCUT2D eigenvalue weighted by Gasteiger charge is -2.42. The van der Waals surface area contributed by atoms with Crippen LogP contribution < -0.4 is 9.47 Å². The molecule has 1 aromatic heterocycles. The highest BCUT2D eigenvalue weighted by atomic mass is 16.5. The van der Waals surface area contributed by atoms with Gasteiger partial charge in [0.1, 0.15) is 28.8 Å². The van der Waals surface area contributed by atoms with Gasteiger partial charge in [0.2, 0.25) is 0 Å². The molecule has 0 bridgehead atoms. The Balaban J connectivity index is 0.642. The first-order valence-corrected chi connectivity index (χ1v) is 39.9. The summed E-state index contributed by atoms with van der Waals surface area (Å²) in [6.45, 7) is 11.6. The van der Waals surface area contributed by atoms with E-state index in [-0.39, 0.29) is 23.7 Å². The molecule has 0 saturated heterocycles. The zero-order valence-corrected chi connectivity index (χ0v) is 63.2. The Morgan fingerprint density at radius 3 is 1.76 bits per heavy atom. The molecular formula is C105H84N4O2. The predicted molar refractivity (Wildman–Crippen MR) is 454 cm³/mol. The van der Waals surface area contributed by atoms with E-state index in [0.717, 1.165) is 116 Å². The molecule has 0 fully saturated rings. The van der Waals surface area contributed by atoms with Crippen LogP contribution in [0.2, 0.25) is 0 Å². The largest absolute Gasteiger partial charge is 0.456 e. The van der Waals surface area contributed by atoms with Crippen LogP contribution in [0.4, 0.5) is 0 Å². The minimum absolute atomic E-state index is 0.000809. The van der Waals surface area contributed by atoms with Gasteiger partial charge in [-0.05, 0) is 170 Å². The van der Waals surface area contributed by atoms with Gasteiger partial charge in [-0.25, -0.2) is 15.0 Å². The molecule has 11 aromatic rings. The van der Waals surface area contributed by atoms with Gasteiger partial charge in [0, 0.05) is 62.8 Å². The number of rotatable bonds is 10. The molecule has 6 nitrogen and oxygen atoms in total. The molecule has 7 aliphatic carbocycles. The first kappa shape index (κ1) is 66.8. The third-order valence-electron chi connectivity index (χ3n) is 25.5. The van der Waals surface area contributed by atoms with Gasteiger partial charge in [-0.2, -0.15) is 0 Å². The maximum absolute atomic E-state index is 7.46. The third kappa shape index (κ3) is 10.5. The van der Waals surface area contributed by atoms with Crippen molar-refractivity contribution in [2.75, 3.05) is 0 Å². The van der Waals surface area contributed by atoms with Crippen LogP contribution in [0.25, 0.3) is 61.4 Å². The van der Waals surface area contributed by atoms with Crippen molar-refractivity contribution in [3.8, 4) is 67.6 Å². The monoisotopic (exact) mass is 1430 g/mol. The van der Waals surface area contributed by atoms with Crippen molar-refractivity contribution in [3.63, 3.8) is 0 Å². The normalized spacial score (nSPS) is 23.6. The second-order valence-corrected chi connectivity index (χ2v) is 32.4. The summed E-state index contributed by atoms with van der Waals surface area (Å²) in [4.78, 5) is 22.5.